The summed E-state index contributed by atoms with van der Waals surface area (Å²) in [4.78, 5) is 13.3. The largest absolute Gasteiger partial charge is 0.469 e. The van der Waals surface area contributed by atoms with E-state index < -0.39 is 0 Å². The number of likely N-dealkylation sites (tertiary alicyclic amines) is 1. The molecule has 0 N–H and O–H groups in total. The molecule has 0 aromatic carbocycles. The first-order chi connectivity index (χ1) is 6.24. The van der Waals surface area contributed by atoms with Gasteiger partial charge in [0.1, 0.15) is 0 Å². The third-order valence-corrected chi connectivity index (χ3v) is 2.74. The van der Waals surface area contributed by atoms with Crippen LogP contribution in [0.1, 0.15) is 32.6 Å². The van der Waals surface area contributed by atoms with Crippen molar-refractivity contribution in [1.29, 1.82) is 0 Å². The zero-order valence-electron chi connectivity index (χ0n) is 8.58. The maximum absolute atomic E-state index is 10.8. The lowest BCUT2D eigenvalue weighted by Crippen LogP contribution is -2.28. The van der Waals surface area contributed by atoms with E-state index in [2.05, 4.69) is 16.6 Å². The molecule has 3 nitrogen and oxygen atoms in total. The summed E-state index contributed by atoms with van der Waals surface area (Å²) in [6, 6.07) is 0.706. The fraction of sp³-hybridized carbons (Fsp3) is 0.900. The molecule has 0 aromatic rings. The molecule has 0 saturated carbocycles. The van der Waals surface area contributed by atoms with Crippen LogP contribution < -0.4 is 0 Å². The Morgan fingerprint density at radius 3 is 2.92 bits per heavy atom. The van der Waals surface area contributed by atoms with E-state index in [1.54, 1.807) is 0 Å². The predicted octanol–water partition coefficient (Wildman–Crippen LogP) is 1.42. The number of methoxy groups -OCH3 is 1. The smallest absolute Gasteiger partial charge is 0.305 e. The third kappa shape index (κ3) is 3.35. The lowest BCUT2D eigenvalue weighted by molar-refractivity contribution is -0.140. The Labute approximate surface area is 80.1 Å². The Balaban J connectivity index is 2.08. The van der Waals surface area contributed by atoms with Crippen LogP contribution in [0.4, 0.5) is 0 Å². The summed E-state index contributed by atoms with van der Waals surface area (Å²) in [7, 11) is 1.45. The molecule has 1 heterocycles. The number of hydrogen-bond acceptors (Lipinski definition) is 3. The van der Waals surface area contributed by atoms with E-state index in [1.165, 1.54) is 26.5 Å². The van der Waals surface area contributed by atoms with Gasteiger partial charge in [-0.3, -0.25) is 4.79 Å². The molecule has 0 aromatic heterocycles. The van der Waals surface area contributed by atoms with Gasteiger partial charge < -0.3 is 9.64 Å². The second kappa shape index (κ2) is 5.22. The maximum atomic E-state index is 10.8. The number of carbonyl (C=O) groups excluding carboxylic acids is 1. The topological polar surface area (TPSA) is 29.5 Å². The second-order valence-electron chi connectivity index (χ2n) is 3.71. The Hall–Kier alpha value is -0.570. The van der Waals surface area contributed by atoms with Gasteiger partial charge in [-0.25, -0.2) is 0 Å². The predicted molar refractivity (Wildman–Crippen MR) is 51.5 cm³/mol. The van der Waals surface area contributed by atoms with Gasteiger partial charge >= 0.3 is 5.97 Å². The molecule has 0 unspecified atom stereocenters. The van der Waals surface area contributed by atoms with Gasteiger partial charge in [-0.1, -0.05) is 0 Å². The number of ether oxygens (including phenoxy) is 1. The van der Waals surface area contributed by atoms with Crippen LogP contribution in [0.25, 0.3) is 0 Å². The van der Waals surface area contributed by atoms with Crippen LogP contribution in [0.3, 0.4) is 0 Å². The molecule has 1 saturated heterocycles. The zero-order chi connectivity index (χ0) is 9.68. The van der Waals surface area contributed by atoms with Gasteiger partial charge in [-0.15, -0.1) is 0 Å². The monoisotopic (exact) mass is 185 g/mol. The molecule has 1 rings (SSSR count). The average Bonchev–Trinajstić information content (AvgIpc) is 2.52. The minimum atomic E-state index is -0.0909. The van der Waals surface area contributed by atoms with Gasteiger partial charge in [-0.2, -0.15) is 0 Å². The van der Waals surface area contributed by atoms with Crippen molar-refractivity contribution in [3.8, 4) is 0 Å². The molecule has 13 heavy (non-hydrogen) atoms. The molecule has 1 aliphatic rings. The molecule has 3 heteroatoms. The van der Waals surface area contributed by atoms with E-state index in [0.29, 0.717) is 12.5 Å². The van der Waals surface area contributed by atoms with Gasteiger partial charge in [-0.05, 0) is 39.3 Å². The summed E-state index contributed by atoms with van der Waals surface area (Å²) in [5.41, 5.74) is 0. The van der Waals surface area contributed by atoms with Crippen LogP contribution in [0, 0.1) is 0 Å². The molecule has 0 amide bonds. The van der Waals surface area contributed by atoms with Crippen molar-refractivity contribution in [2.24, 2.45) is 0 Å². The molecular formula is C10H19NO2. The van der Waals surface area contributed by atoms with Gasteiger partial charge in [0.25, 0.3) is 0 Å². The summed E-state index contributed by atoms with van der Waals surface area (Å²) in [6.07, 6.45) is 4.09. The van der Waals surface area contributed by atoms with Crippen LogP contribution in [0.5, 0.6) is 0 Å². The molecule has 0 bridgehead atoms. The Bertz CT molecular complexity index is 170. The minimum Gasteiger partial charge on any atom is -0.469 e. The van der Waals surface area contributed by atoms with Crippen molar-refractivity contribution in [1.82, 2.24) is 4.90 Å². The summed E-state index contributed by atoms with van der Waals surface area (Å²) in [5.74, 6) is -0.0909. The van der Waals surface area contributed by atoms with Crippen molar-refractivity contribution < 1.29 is 9.53 Å². The fourth-order valence-electron chi connectivity index (χ4n) is 1.85. The van der Waals surface area contributed by atoms with E-state index in [-0.39, 0.29) is 5.97 Å². The lowest BCUT2D eigenvalue weighted by atomic mass is 10.2. The first-order valence-electron chi connectivity index (χ1n) is 5.05. The highest BCUT2D eigenvalue weighted by molar-refractivity contribution is 5.69. The Kier molecular flexibility index (Phi) is 4.22. The van der Waals surface area contributed by atoms with Crippen molar-refractivity contribution in [3.05, 3.63) is 0 Å². The summed E-state index contributed by atoms with van der Waals surface area (Å²) in [5, 5.41) is 0. The molecular weight excluding hydrogens is 166 g/mol. The molecule has 0 spiro atoms. The van der Waals surface area contributed by atoms with Crippen LogP contribution >= 0.6 is 0 Å². The average molecular weight is 185 g/mol. The Morgan fingerprint density at radius 2 is 2.38 bits per heavy atom. The quantitative estimate of drug-likeness (QED) is 0.620. The highest BCUT2D eigenvalue weighted by Gasteiger charge is 2.19. The first-order valence-corrected chi connectivity index (χ1v) is 5.05. The van der Waals surface area contributed by atoms with Crippen LogP contribution in [-0.2, 0) is 9.53 Å². The first kappa shape index (κ1) is 10.5. The molecule has 0 radical (unpaired) electrons. The zero-order valence-corrected chi connectivity index (χ0v) is 8.58. The summed E-state index contributed by atoms with van der Waals surface area (Å²) < 4.78 is 4.58. The van der Waals surface area contributed by atoms with Gasteiger partial charge in [0, 0.05) is 12.5 Å². The molecule has 1 atom stereocenters. The van der Waals surface area contributed by atoms with E-state index in [0.717, 1.165) is 13.0 Å². The minimum absolute atomic E-state index is 0.0909. The van der Waals surface area contributed by atoms with Crippen LogP contribution in [0.2, 0.25) is 0 Å². The highest BCUT2D eigenvalue weighted by atomic mass is 16.5. The number of rotatable bonds is 4. The molecule has 1 aliphatic heterocycles. The lowest BCUT2D eigenvalue weighted by Gasteiger charge is -2.20. The van der Waals surface area contributed by atoms with Crippen molar-refractivity contribution in [2.75, 3.05) is 20.2 Å². The van der Waals surface area contributed by atoms with Gasteiger partial charge in [0.15, 0.2) is 0 Å². The van der Waals surface area contributed by atoms with E-state index in [9.17, 15) is 4.79 Å². The molecule has 1 fully saturated rings. The van der Waals surface area contributed by atoms with Crippen molar-refractivity contribution in [2.45, 2.75) is 38.6 Å². The van der Waals surface area contributed by atoms with Gasteiger partial charge in [0.05, 0.1) is 7.11 Å². The van der Waals surface area contributed by atoms with Crippen molar-refractivity contribution >= 4 is 5.97 Å². The van der Waals surface area contributed by atoms with Gasteiger partial charge in [0.2, 0.25) is 0 Å². The number of hydrogen-bond donors (Lipinski definition) is 0. The van der Waals surface area contributed by atoms with E-state index >= 15 is 0 Å². The normalized spacial score (nSPS) is 23.4. The standard InChI is InChI=1S/C10H19NO2/c1-9-5-3-7-11(9)8-4-6-10(12)13-2/h9H,3-8H2,1-2H3/t9-/m0/s1. The second-order valence-corrected chi connectivity index (χ2v) is 3.71. The molecule has 0 aliphatic carbocycles. The number of nitrogens with zero attached hydrogens (tertiary/aromatic N) is 1. The number of esters is 1. The maximum Gasteiger partial charge on any atom is 0.305 e. The fourth-order valence-corrected chi connectivity index (χ4v) is 1.85. The summed E-state index contributed by atoms with van der Waals surface area (Å²) >= 11 is 0. The van der Waals surface area contributed by atoms with Crippen LogP contribution in [0.15, 0.2) is 0 Å². The summed E-state index contributed by atoms with van der Waals surface area (Å²) in [6.45, 7) is 4.49. The molecule has 76 valence electrons. The van der Waals surface area contributed by atoms with Crippen LogP contribution in [-0.4, -0.2) is 37.1 Å². The van der Waals surface area contributed by atoms with Crippen molar-refractivity contribution in [3.63, 3.8) is 0 Å². The van der Waals surface area contributed by atoms with E-state index in [4.69, 9.17) is 0 Å². The van der Waals surface area contributed by atoms with E-state index in [1.807, 2.05) is 0 Å². The third-order valence-electron chi connectivity index (χ3n) is 2.74. The number of carbonyl (C=O) groups is 1. The Morgan fingerprint density at radius 1 is 1.62 bits per heavy atom. The SMILES string of the molecule is COC(=O)CCCN1CCC[C@@H]1C. The highest BCUT2D eigenvalue weighted by Crippen LogP contribution is 2.16.